The van der Waals surface area contributed by atoms with Crippen LogP contribution in [-0.2, 0) is 16.1 Å². The van der Waals surface area contributed by atoms with Crippen molar-refractivity contribution in [3.05, 3.63) is 70.3 Å². The van der Waals surface area contributed by atoms with Crippen LogP contribution in [0.2, 0.25) is 5.02 Å². The third kappa shape index (κ3) is 7.77. The molecule has 302 valence electrons. The van der Waals surface area contributed by atoms with Crippen molar-refractivity contribution in [2.24, 2.45) is 11.8 Å². The van der Waals surface area contributed by atoms with Crippen molar-refractivity contribution >= 4 is 41.0 Å². The molecule has 2 aromatic heterocycles. The molecule has 1 saturated heterocycles. The summed E-state index contributed by atoms with van der Waals surface area (Å²) < 4.78 is 36.0. The summed E-state index contributed by atoms with van der Waals surface area (Å²) in [4.78, 5) is 58.1. The topological polar surface area (TPSA) is 156 Å². The van der Waals surface area contributed by atoms with E-state index in [1.54, 1.807) is 16.7 Å². The quantitative estimate of drug-likeness (QED) is 0.166. The van der Waals surface area contributed by atoms with Crippen LogP contribution in [0.1, 0.15) is 98.3 Å². The Morgan fingerprint density at radius 2 is 1.89 bits per heavy atom. The molecular formula is C41H47ClF2N8O5. The Balaban J connectivity index is 1.17. The number of halogens is 3. The molecule has 0 aliphatic carbocycles. The van der Waals surface area contributed by atoms with Crippen molar-refractivity contribution in [2.45, 2.75) is 90.5 Å². The third-order valence-electron chi connectivity index (χ3n) is 11.6. The lowest BCUT2D eigenvalue weighted by Gasteiger charge is -2.40. The highest BCUT2D eigenvalue weighted by Crippen LogP contribution is 2.42. The minimum atomic E-state index is -3.07. The van der Waals surface area contributed by atoms with Crippen LogP contribution in [0, 0.1) is 18.8 Å². The van der Waals surface area contributed by atoms with Gasteiger partial charge in [0.15, 0.2) is 17.3 Å². The molecule has 13 nitrogen and oxygen atoms in total. The van der Waals surface area contributed by atoms with E-state index in [1.807, 2.05) is 25.1 Å². The van der Waals surface area contributed by atoms with E-state index < -0.39 is 30.2 Å². The summed E-state index contributed by atoms with van der Waals surface area (Å²) in [6.45, 7) is 10.3. The highest BCUT2D eigenvalue weighted by molar-refractivity contribution is 6.33. The molecule has 3 aliphatic heterocycles. The Bertz CT molecular complexity index is 2210. The van der Waals surface area contributed by atoms with E-state index in [0.29, 0.717) is 62.5 Å². The van der Waals surface area contributed by atoms with Gasteiger partial charge in [-0.15, -0.1) is 5.10 Å². The first kappa shape index (κ1) is 40.0. The molecule has 3 atom stereocenters. The molecule has 4 aromatic rings. The number of likely N-dealkylation sites (tertiary alicyclic amines) is 1. The first-order valence-electron chi connectivity index (χ1n) is 19.4. The molecule has 2 aromatic carbocycles. The SMILES string of the molecule is CCC1C(CC2CCCN(C(=O)c3ncnc(C)c3O)CC2)C(=O)n2nc(-c3ccc4c(c3)C(C)(C)CO4)nc2N1CC(=O)Nc1ccc(C(F)(F)CC)cc1Cl. The number of carbonyl (C=O) groups is 3. The molecule has 2 N–H and O–H groups in total. The number of aryl methyl sites for hydroxylation is 1. The summed E-state index contributed by atoms with van der Waals surface area (Å²) in [7, 11) is 0. The Morgan fingerprint density at radius 3 is 2.63 bits per heavy atom. The number of aromatic hydroxyl groups is 1. The van der Waals surface area contributed by atoms with Crippen LogP contribution in [-0.4, -0.2) is 84.7 Å². The Labute approximate surface area is 334 Å². The fourth-order valence-corrected chi connectivity index (χ4v) is 8.41. The number of rotatable bonds is 10. The normalized spacial score (nSPS) is 20.4. The summed E-state index contributed by atoms with van der Waals surface area (Å²) in [6.07, 6.45) is 3.91. The Hall–Kier alpha value is -5.18. The zero-order valence-corrected chi connectivity index (χ0v) is 33.4. The molecule has 57 heavy (non-hydrogen) atoms. The number of anilines is 2. The van der Waals surface area contributed by atoms with E-state index in [2.05, 4.69) is 29.1 Å². The molecule has 0 saturated carbocycles. The van der Waals surface area contributed by atoms with Gasteiger partial charge >= 0.3 is 0 Å². The van der Waals surface area contributed by atoms with Gasteiger partial charge in [0, 0.05) is 47.7 Å². The number of fused-ring (bicyclic) bond motifs is 2. The molecule has 3 aliphatic rings. The smallest absolute Gasteiger partial charge is 0.276 e. The first-order valence-corrected chi connectivity index (χ1v) is 19.8. The second kappa shape index (κ2) is 15.6. The number of benzene rings is 2. The van der Waals surface area contributed by atoms with Crippen LogP contribution >= 0.6 is 11.6 Å². The number of aromatic nitrogens is 5. The molecule has 5 heterocycles. The molecule has 1 fully saturated rings. The van der Waals surface area contributed by atoms with E-state index in [4.69, 9.17) is 26.4 Å². The molecular weight excluding hydrogens is 758 g/mol. The maximum Gasteiger partial charge on any atom is 0.276 e. The van der Waals surface area contributed by atoms with Gasteiger partial charge in [0.2, 0.25) is 11.9 Å². The van der Waals surface area contributed by atoms with Gasteiger partial charge in [-0.2, -0.15) is 9.67 Å². The summed E-state index contributed by atoms with van der Waals surface area (Å²) >= 11 is 6.41. The number of amides is 2. The van der Waals surface area contributed by atoms with Crippen molar-refractivity contribution in [1.82, 2.24) is 29.6 Å². The second-order valence-electron chi connectivity index (χ2n) is 15.9. The number of ether oxygens (including phenoxy) is 1. The minimum Gasteiger partial charge on any atom is -0.504 e. The van der Waals surface area contributed by atoms with Gasteiger partial charge < -0.3 is 25.0 Å². The zero-order valence-electron chi connectivity index (χ0n) is 32.7. The standard InChI is InChI=1S/C41H47ClF2N8O5/c1-6-31-27(17-24-9-8-15-50(16-14-24)38(56)34-35(54)23(3)45-22-46-34)37(55)52-39(48-36(49-52)25-10-13-32-28(18-25)40(4,5)21-57-32)51(31)20-33(53)47-30-12-11-26(19-29(30)42)41(43,44)7-2/h10-13,18-19,22,24,27,31,54H,6-9,14-17,20-21H2,1-5H3,(H,47,53). The van der Waals surface area contributed by atoms with Crippen LogP contribution in [0.4, 0.5) is 20.4 Å². The van der Waals surface area contributed by atoms with Crippen LogP contribution in [0.15, 0.2) is 42.7 Å². The van der Waals surface area contributed by atoms with Gasteiger partial charge in [0.05, 0.1) is 28.9 Å². The first-order chi connectivity index (χ1) is 27.1. The summed E-state index contributed by atoms with van der Waals surface area (Å²) in [5.41, 5.74) is 1.70. The second-order valence-corrected chi connectivity index (χ2v) is 16.3. The zero-order chi connectivity index (χ0) is 40.8. The van der Waals surface area contributed by atoms with Crippen molar-refractivity contribution in [3.8, 4) is 22.9 Å². The third-order valence-corrected chi connectivity index (χ3v) is 11.9. The fraction of sp³-hybridized carbons (Fsp3) is 0.488. The predicted molar refractivity (Wildman–Crippen MR) is 210 cm³/mol. The summed E-state index contributed by atoms with van der Waals surface area (Å²) in [6, 6.07) is 9.05. The van der Waals surface area contributed by atoms with Gasteiger partial charge in [-0.3, -0.25) is 14.4 Å². The number of nitrogens with zero attached hydrogens (tertiary/aromatic N) is 7. The fourth-order valence-electron chi connectivity index (χ4n) is 8.19. The van der Waals surface area contributed by atoms with Gasteiger partial charge in [-0.1, -0.05) is 45.4 Å². The van der Waals surface area contributed by atoms with Crippen molar-refractivity contribution in [1.29, 1.82) is 0 Å². The lowest BCUT2D eigenvalue weighted by Crippen LogP contribution is -2.53. The lowest BCUT2D eigenvalue weighted by molar-refractivity contribution is -0.115. The Kier molecular flexibility index (Phi) is 11.0. The molecule has 3 unspecified atom stereocenters. The number of carbonyl (C=O) groups excluding carboxylic acids is 3. The molecule has 16 heteroatoms. The van der Waals surface area contributed by atoms with Crippen LogP contribution in [0.5, 0.6) is 11.5 Å². The molecule has 0 spiro atoms. The summed E-state index contributed by atoms with van der Waals surface area (Å²) in [5.74, 6) is -3.55. The highest BCUT2D eigenvalue weighted by Gasteiger charge is 2.44. The number of nitrogens with one attached hydrogen (secondary N) is 1. The lowest BCUT2D eigenvalue weighted by atomic mass is 9.82. The maximum absolute atomic E-state index is 14.5. The van der Waals surface area contributed by atoms with Gasteiger partial charge in [-0.05, 0) is 75.3 Å². The molecule has 0 bridgehead atoms. The average Bonchev–Trinajstić information content (AvgIpc) is 3.67. The van der Waals surface area contributed by atoms with Crippen LogP contribution < -0.4 is 15.0 Å². The van der Waals surface area contributed by atoms with Crippen LogP contribution in [0.25, 0.3) is 11.4 Å². The largest absolute Gasteiger partial charge is 0.504 e. The van der Waals surface area contributed by atoms with E-state index in [0.717, 1.165) is 23.8 Å². The monoisotopic (exact) mass is 804 g/mol. The van der Waals surface area contributed by atoms with E-state index in [-0.39, 0.29) is 63.4 Å². The van der Waals surface area contributed by atoms with Crippen molar-refractivity contribution in [2.75, 3.05) is 36.5 Å². The predicted octanol–water partition coefficient (Wildman–Crippen LogP) is 7.40. The van der Waals surface area contributed by atoms with Crippen molar-refractivity contribution in [3.63, 3.8) is 0 Å². The molecule has 2 amide bonds. The highest BCUT2D eigenvalue weighted by atomic mass is 35.5. The number of hydrogen-bond donors (Lipinski definition) is 2. The average molecular weight is 805 g/mol. The van der Waals surface area contributed by atoms with Gasteiger partial charge in [-0.25, -0.2) is 18.7 Å². The maximum atomic E-state index is 14.5. The minimum absolute atomic E-state index is 0.0207. The summed E-state index contributed by atoms with van der Waals surface area (Å²) in [5, 5.41) is 18.0. The van der Waals surface area contributed by atoms with Crippen molar-refractivity contribution < 1.29 is 33.0 Å². The van der Waals surface area contributed by atoms with Gasteiger partial charge in [0.1, 0.15) is 18.6 Å². The van der Waals surface area contributed by atoms with E-state index in [9.17, 15) is 28.3 Å². The van der Waals surface area contributed by atoms with Crippen LogP contribution in [0.3, 0.4) is 0 Å². The molecule has 0 radical (unpaired) electrons. The number of alkyl halides is 2. The molecule has 7 rings (SSSR count). The number of hydrogen-bond acceptors (Lipinski definition) is 10. The van der Waals surface area contributed by atoms with Gasteiger partial charge in [0.25, 0.3) is 17.7 Å². The van der Waals surface area contributed by atoms with E-state index >= 15 is 0 Å². The Morgan fingerprint density at radius 1 is 1.11 bits per heavy atom. The van der Waals surface area contributed by atoms with E-state index in [1.165, 1.54) is 30.1 Å².